The molecule has 0 amide bonds. The molecule has 100 valence electrons. The minimum atomic E-state index is -0.799. The molecule has 0 unspecified atom stereocenters. The molecule has 0 spiro atoms. The van der Waals surface area contributed by atoms with Crippen LogP contribution in [0.1, 0.15) is 37.4 Å². The lowest BCUT2D eigenvalue weighted by molar-refractivity contribution is -0.133. The number of aromatic nitrogens is 2. The number of carbonyl (C=O) groups is 1. The largest absolute Gasteiger partial charge is 0.481 e. The Labute approximate surface area is 111 Å². The lowest BCUT2D eigenvalue weighted by Crippen LogP contribution is -2.09. The predicted octanol–water partition coefficient (Wildman–Crippen LogP) is 2.32. The second-order valence-electron chi connectivity index (χ2n) is 4.47. The zero-order chi connectivity index (χ0) is 13.0. The first kappa shape index (κ1) is 13.4. The van der Waals surface area contributed by atoms with Gasteiger partial charge in [-0.05, 0) is 18.9 Å². The van der Waals surface area contributed by atoms with Gasteiger partial charge in [-0.1, -0.05) is 24.6 Å². The van der Waals surface area contributed by atoms with Crippen LogP contribution in [0.4, 0.5) is 0 Å². The van der Waals surface area contributed by atoms with Crippen molar-refractivity contribution in [2.45, 2.75) is 43.4 Å². The van der Waals surface area contributed by atoms with Crippen LogP contribution in [0.2, 0.25) is 0 Å². The quantitative estimate of drug-likeness (QED) is 0.804. The van der Waals surface area contributed by atoms with Crippen LogP contribution in [0, 0.1) is 0 Å². The van der Waals surface area contributed by atoms with Crippen molar-refractivity contribution in [1.82, 2.24) is 9.78 Å². The van der Waals surface area contributed by atoms with Crippen LogP contribution in [0.5, 0.6) is 0 Å². The summed E-state index contributed by atoms with van der Waals surface area (Å²) in [5, 5.41) is 14.2. The SMILES string of the molecule is COCc1cc(SCC(=O)O)n(C2CCCC2)n1. The fourth-order valence-corrected chi connectivity index (χ4v) is 3.11. The average Bonchev–Trinajstić information content (AvgIpc) is 2.94. The fraction of sp³-hybridized carbons (Fsp3) is 0.667. The number of methoxy groups -OCH3 is 1. The van der Waals surface area contributed by atoms with Gasteiger partial charge in [0.05, 0.1) is 29.1 Å². The number of hydrogen-bond acceptors (Lipinski definition) is 4. The summed E-state index contributed by atoms with van der Waals surface area (Å²) in [4.78, 5) is 10.7. The first-order valence-electron chi connectivity index (χ1n) is 6.12. The number of aliphatic carboxylic acids is 1. The number of thioether (sulfide) groups is 1. The second kappa shape index (κ2) is 6.24. The fourth-order valence-electron chi connectivity index (χ4n) is 2.30. The number of hydrogen-bond donors (Lipinski definition) is 1. The van der Waals surface area contributed by atoms with Crippen LogP contribution < -0.4 is 0 Å². The third-order valence-electron chi connectivity index (χ3n) is 3.06. The van der Waals surface area contributed by atoms with E-state index in [4.69, 9.17) is 9.84 Å². The summed E-state index contributed by atoms with van der Waals surface area (Å²) in [5.74, 6) is -0.724. The molecule has 0 aliphatic heterocycles. The van der Waals surface area contributed by atoms with Crippen molar-refractivity contribution >= 4 is 17.7 Å². The van der Waals surface area contributed by atoms with Crippen molar-refractivity contribution in [3.8, 4) is 0 Å². The molecule has 6 heteroatoms. The second-order valence-corrected chi connectivity index (χ2v) is 5.47. The Bertz CT molecular complexity index is 413. The monoisotopic (exact) mass is 270 g/mol. The van der Waals surface area contributed by atoms with Crippen LogP contribution >= 0.6 is 11.8 Å². The van der Waals surface area contributed by atoms with Gasteiger partial charge in [-0.3, -0.25) is 9.48 Å². The molecule has 1 aromatic heterocycles. The molecule has 5 nitrogen and oxygen atoms in total. The first-order valence-corrected chi connectivity index (χ1v) is 7.11. The minimum Gasteiger partial charge on any atom is -0.481 e. The van der Waals surface area contributed by atoms with E-state index in [9.17, 15) is 4.79 Å². The van der Waals surface area contributed by atoms with Gasteiger partial charge >= 0.3 is 5.97 Å². The van der Waals surface area contributed by atoms with Gasteiger partial charge in [0.15, 0.2) is 0 Å². The molecular weight excluding hydrogens is 252 g/mol. The summed E-state index contributed by atoms with van der Waals surface area (Å²) in [6.45, 7) is 0.473. The van der Waals surface area contributed by atoms with Gasteiger partial charge in [-0.25, -0.2) is 0 Å². The highest BCUT2D eigenvalue weighted by molar-refractivity contribution is 7.99. The number of carboxylic acids is 1. The van der Waals surface area contributed by atoms with E-state index in [0.29, 0.717) is 12.6 Å². The first-order chi connectivity index (χ1) is 8.70. The third kappa shape index (κ3) is 3.26. The summed E-state index contributed by atoms with van der Waals surface area (Å²) in [6, 6.07) is 2.36. The number of ether oxygens (including phenoxy) is 1. The van der Waals surface area contributed by atoms with Gasteiger partial charge in [-0.15, -0.1) is 0 Å². The molecule has 1 aliphatic carbocycles. The third-order valence-corrected chi connectivity index (χ3v) is 4.05. The van der Waals surface area contributed by atoms with Gasteiger partial charge in [0, 0.05) is 7.11 Å². The van der Waals surface area contributed by atoms with Crippen LogP contribution in [-0.2, 0) is 16.1 Å². The summed E-state index contributed by atoms with van der Waals surface area (Å²) < 4.78 is 7.08. The van der Waals surface area contributed by atoms with E-state index in [-0.39, 0.29) is 5.75 Å². The van der Waals surface area contributed by atoms with Gasteiger partial charge < -0.3 is 9.84 Å². The standard InChI is InChI=1S/C12H18N2O3S/c1-17-7-9-6-11(18-8-12(15)16)14(13-9)10-4-2-3-5-10/h6,10H,2-5,7-8H2,1H3,(H,15,16). The van der Waals surface area contributed by atoms with E-state index < -0.39 is 5.97 Å². The number of carboxylic acid groups (broad SMARTS) is 1. The van der Waals surface area contributed by atoms with Crippen LogP contribution in [-0.4, -0.2) is 33.7 Å². The van der Waals surface area contributed by atoms with E-state index >= 15 is 0 Å². The maximum atomic E-state index is 10.7. The van der Waals surface area contributed by atoms with Gasteiger partial charge in [0.1, 0.15) is 0 Å². The van der Waals surface area contributed by atoms with Gasteiger partial charge in [-0.2, -0.15) is 5.10 Å². The molecule has 2 rings (SSSR count). The highest BCUT2D eigenvalue weighted by Crippen LogP contribution is 2.33. The van der Waals surface area contributed by atoms with Gasteiger partial charge in [0.25, 0.3) is 0 Å². The summed E-state index contributed by atoms with van der Waals surface area (Å²) >= 11 is 1.33. The summed E-state index contributed by atoms with van der Waals surface area (Å²) in [7, 11) is 1.64. The number of rotatable bonds is 6. The molecule has 0 radical (unpaired) electrons. The normalized spacial score (nSPS) is 16.3. The molecule has 1 aliphatic rings. The van der Waals surface area contributed by atoms with Crippen molar-refractivity contribution in [1.29, 1.82) is 0 Å². The van der Waals surface area contributed by atoms with Crippen LogP contribution in [0.3, 0.4) is 0 Å². The Kier molecular flexibility index (Phi) is 4.66. The molecule has 1 saturated carbocycles. The van der Waals surface area contributed by atoms with Crippen molar-refractivity contribution in [2.75, 3.05) is 12.9 Å². The van der Waals surface area contributed by atoms with E-state index in [1.54, 1.807) is 7.11 Å². The summed E-state index contributed by atoms with van der Waals surface area (Å²) in [6.07, 6.45) is 4.73. The Balaban J connectivity index is 2.15. The Morgan fingerprint density at radius 2 is 2.33 bits per heavy atom. The topological polar surface area (TPSA) is 64.3 Å². The molecule has 0 saturated heterocycles. The van der Waals surface area contributed by atoms with Crippen molar-refractivity contribution < 1.29 is 14.6 Å². The molecule has 0 atom stereocenters. The average molecular weight is 270 g/mol. The maximum Gasteiger partial charge on any atom is 0.313 e. The highest BCUT2D eigenvalue weighted by Gasteiger charge is 2.21. The molecule has 0 aromatic carbocycles. The Morgan fingerprint density at radius 3 is 2.94 bits per heavy atom. The van der Waals surface area contributed by atoms with E-state index in [1.807, 2.05) is 10.7 Å². The van der Waals surface area contributed by atoms with Gasteiger partial charge in [0.2, 0.25) is 0 Å². The predicted molar refractivity (Wildman–Crippen MR) is 68.8 cm³/mol. The molecule has 1 fully saturated rings. The zero-order valence-electron chi connectivity index (χ0n) is 10.5. The Hall–Kier alpha value is -1.01. The Morgan fingerprint density at radius 1 is 1.61 bits per heavy atom. The van der Waals surface area contributed by atoms with E-state index in [1.165, 1.54) is 24.6 Å². The highest BCUT2D eigenvalue weighted by atomic mass is 32.2. The molecule has 0 bridgehead atoms. The molecule has 1 aromatic rings. The summed E-state index contributed by atoms with van der Waals surface area (Å²) in [5.41, 5.74) is 0.872. The molecule has 1 heterocycles. The lowest BCUT2D eigenvalue weighted by atomic mass is 10.3. The van der Waals surface area contributed by atoms with Crippen molar-refractivity contribution in [3.63, 3.8) is 0 Å². The van der Waals surface area contributed by atoms with Crippen molar-refractivity contribution in [3.05, 3.63) is 11.8 Å². The van der Waals surface area contributed by atoms with E-state index in [2.05, 4.69) is 5.10 Å². The molecule has 18 heavy (non-hydrogen) atoms. The smallest absolute Gasteiger partial charge is 0.313 e. The molecule has 1 N–H and O–H groups in total. The van der Waals surface area contributed by atoms with E-state index in [0.717, 1.165) is 23.6 Å². The molecular formula is C12H18N2O3S. The number of nitrogens with zero attached hydrogens (tertiary/aromatic N) is 2. The van der Waals surface area contributed by atoms with Crippen molar-refractivity contribution in [2.24, 2.45) is 0 Å². The zero-order valence-corrected chi connectivity index (χ0v) is 11.3. The maximum absolute atomic E-state index is 10.7. The van der Waals surface area contributed by atoms with Crippen LogP contribution in [0.25, 0.3) is 0 Å². The van der Waals surface area contributed by atoms with Crippen LogP contribution in [0.15, 0.2) is 11.1 Å². The minimum absolute atomic E-state index is 0.0742. The lowest BCUT2D eigenvalue weighted by Gasteiger charge is -2.13.